The van der Waals surface area contributed by atoms with Crippen molar-refractivity contribution in [2.45, 2.75) is 67.1 Å². The highest BCUT2D eigenvalue weighted by atomic mass is 19.1. The third-order valence-corrected chi connectivity index (χ3v) is 3.29. The van der Waals surface area contributed by atoms with Crippen LogP contribution in [0, 0.1) is 18.6 Å². The lowest BCUT2D eigenvalue weighted by Crippen LogP contribution is -2.02. The van der Waals surface area contributed by atoms with E-state index < -0.39 is 11.6 Å². The minimum atomic E-state index is -0.567. The van der Waals surface area contributed by atoms with Crippen molar-refractivity contribution >= 4 is 0 Å². The number of hydrogen-bond donors (Lipinski definition) is 0. The Hall–Kier alpha value is -1.74. The van der Waals surface area contributed by atoms with Crippen LogP contribution in [0.3, 0.4) is 0 Å². The predicted octanol–water partition coefficient (Wildman–Crippen LogP) is 6.86. The lowest BCUT2D eigenvalue weighted by atomic mass is 10.1. The summed E-state index contributed by atoms with van der Waals surface area (Å²) < 4.78 is 30.5. The van der Waals surface area contributed by atoms with Crippen LogP contribution in [0.15, 0.2) is 42.5 Å². The second-order valence-electron chi connectivity index (χ2n) is 5.81. The normalized spacial score (nSPS) is 9.80. The van der Waals surface area contributed by atoms with Gasteiger partial charge in [-0.1, -0.05) is 51.5 Å². The Labute approximate surface area is 152 Å². The number of hydrogen-bond acceptors (Lipinski definition) is 1. The summed E-state index contributed by atoms with van der Waals surface area (Å²) in [6.45, 7) is 12.4. The molecular formula is C22H32F2O. The molecule has 0 unspecified atom stereocenters. The van der Waals surface area contributed by atoms with Gasteiger partial charge in [0, 0.05) is 6.07 Å². The first-order chi connectivity index (χ1) is 11.9. The van der Waals surface area contributed by atoms with Gasteiger partial charge in [0.15, 0.2) is 0 Å². The standard InChI is InChI=1S/C10H12F2O.C10H14.C2H6/c1-7(2)13-6-8-3-9(11)5-10(12)4-8;1-3-6-10-8-5-4-7-9(10)2;1-2/h3-5,7H,6H2,1-2H3;4-5,7-8H,3,6H2,1-2H3;1-2H3. The maximum Gasteiger partial charge on any atom is 0.126 e. The molecule has 0 spiro atoms. The van der Waals surface area contributed by atoms with Crippen molar-refractivity contribution in [3.8, 4) is 0 Å². The Morgan fingerprint density at radius 1 is 0.960 bits per heavy atom. The smallest absolute Gasteiger partial charge is 0.126 e. The fraction of sp³-hybridized carbons (Fsp3) is 0.455. The summed E-state index contributed by atoms with van der Waals surface area (Å²) in [6.07, 6.45) is 2.52. The molecule has 0 fully saturated rings. The lowest BCUT2D eigenvalue weighted by Gasteiger charge is -2.07. The first kappa shape index (κ1) is 23.3. The quantitative estimate of drug-likeness (QED) is 0.572. The lowest BCUT2D eigenvalue weighted by molar-refractivity contribution is 0.0654. The zero-order valence-corrected chi connectivity index (χ0v) is 16.4. The molecule has 0 saturated heterocycles. The first-order valence-corrected chi connectivity index (χ1v) is 9.03. The van der Waals surface area contributed by atoms with Gasteiger partial charge in [0.05, 0.1) is 12.7 Å². The second kappa shape index (κ2) is 13.5. The van der Waals surface area contributed by atoms with Crippen LogP contribution in [0.25, 0.3) is 0 Å². The van der Waals surface area contributed by atoms with Crippen molar-refractivity contribution in [1.82, 2.24) is 0 Å². The van der Waals surface area contributed by atoms with Gasteiger partial charge in [0.1, 0.15) is 11.6 Å². The van der Waals surface area contributed by atoms with Gasteiger partial charge in [0.25, 0.3) is 0 Å². The van der Waals surface area contributed by atoms with E-state index in [1.54, 1.807) is 0 Å². The van der Waals surface area contributed by atoms with Crippen LogP contribution >= 0.6 is 0 Å². The summed E-state index contributed by atoms with van der Waals surface area (Å²) in [5.74, 6) is -1.13. The van der Waals surface area contributed by atoms with Crippen molar-refractivity contribution in [2.24, 2.45) is 0 Å². The summed E-state index contributed by atoms with van der Waals surface area (Å²) in [6, 6.07) is 12.0. The molecule has 0 bridgehead atoms. The summed E-state index contributed by atoms with van der Waals surface area (Å²) >= 11 is 0. The van der Waals surface area contributed by atoms with E-state index in [1.807, 2.05) is 27.7 Å². The molecule has 0 atom stereocenters. The van der Waals surface area contributed by atoms with E-state index >= 15 is 0 Å². The third-order valence-electron chi connectivity index (χ3n) is 3.29. The zero-order chi connectivity index (χ0) is 19.2. The highest BCUT2D eigenvalue weighted by Gasteiger charge is 2.01. The molecule has 140 valence electrons. The molecule has 2 rings (SSSR count). The van der Waals surface area contributed by atoms with Gasteiger partial charge in [0.2, 0.25) is 0 Å². The van der Waals surface area contributed by atoms with Gasteiger partial charge in [-0.25, -0.2) is 8.78 Å². The molecular weight excluding hydrogens is 318 g/mol. The fourth-order valence-corrected chi connectivity index (χ4v) is 2.12. The van der Waals surface area contributed by atoms with E-state index in [0.29, 0.717) is 5.56 Å². The summed E-state index contributed by atoms with van der Waals surface area (Å²) in [5.41, 5.74) is 3.43. The van der Waals surface area contributed by atoms with Gasteiger partial charge in [-0.15, -0.1) is 0 Å². The summed E-state index contributed by atoms with van der Waals surface area (Å²) in [5, 5.41) is 0. The van der Waals surface area contributed by atoms with Crippen LogP contribution < -0.4 is 0 Å². The number of rotatable bonds is 5. The van der Waals surface area contributed by atoms with Crippen molar-refractivity contribution in [3.05, 3.63) is 70.8 Å². The minimum absolute atomic E-state index is 0.0614. The van der Waals surface area contributed by atoms with E-state index in [0.717, 1.165) is 6.07 Å². The van der Waals surface area contributed by atoms with Gasteiger partial charge in [-0.2, -0.15) is 0 Å². The largest absolute Gasteiger partial charge is 0.374 e. The summed E-state index contributed by atoms with van der Waals surface area (Å²) in [7, 11) is 0. The average Bonchev–Trinajstić information content (AvgIpc) is 2.57. The van der Waals surface area contributed by atoms with Gasteiger partial charge < -0.3 is 4.74 Å². The Morgan fingerprint density at radius 3 is 2.00 bits per heavy atom. The molecule has 0 radical (unpaired) electrons. The number of benzene rings is 2. The fourth-order valence-electron chi connectivity index (χ4n) is 2.12. The molecule has 25 heavy (non-hydrogen) atoms. The number of halogens is 2. The Balaban J connectivity index is 0.000000430. The van der Waals surface area contributed by atoms with E-state index in [1.165, 1.54) is 36.1 Å². The minimum Gasteiger partial charge on any atom is -0.374 e. The molecule has 0 saturated carbocycles. The van der Waals surface area contributed by atoms with Crippen molar-refractivity contribution < 1.29 is 13.5 Å². The van der Waals surface area contributed by atoms with Crippen molar-refractivity contribution in [2.75, 3.05) is 0 Å². The molecule has 2 aromatic carbocycles. The van der Waals surface area contributed by atoms with Crippen LogP contribution in [-0.2, 0) is 17.8 Å². The summed E-state index contributed by atoms with van der Waals surface area (Å²) in [4.78, 5) is 0. The highest BCUT2D eigenvalue weighted by molar-refractivity contribution is 5.25. The van der Waals surface area contributed by atoms with Crippen molar-refractivity contribution in [3.63, 3.8) is 0 Å². The Bertz CT molecular complexity index is 574. The van der Waals surface area contributed by atoms with Crippen LogP contribution in [-0.4, -0.2) is 6.10 Å². The SMILES string of the molecule is CC.CC(C)OCc1cc(F)cc(F)c1.CCCc1ccccc1C. The average molecular weight is 350 g/mol. The molecule has 0 heterocycles. The van der Waals surface area contributed by atoms with Crippen LogP contribution in [0.5, 0.6) is 0 Å². The molecule has 3 heteroatoms. The molecule has 0 aliphatic rings. The number of aryl methyl sites for hydroxylation is 2. The Morgan fingerprint density at radius 2 is 1.52 bits per heavy atom. The molecule has 0 aliphatic carbocycles. The zero-order valence-electron chi connectivity index (χ0n) is 16.4. The first-order valence-electron chi connectivity index (χ1n) is 9.03. The monoisotopic (exact) mass is 350 g/mol. The van der Waals surface area contributed by atoms with Crippen molar-refractivity contribution in [1.29, 1.82) is 0 Å². The molecule has 1 nitrogen and oxygen atoms in total. The number of ether oxygens (including phenoxy) is 1. The molecule has 0 amide bonds. The third kappa shape index (κ3) is 10.7. The Kier molecular flexibility index (Phi) is 12.6. The second-order valence-corrected chi connectivity index (χ2v) is 5.81. The highest BCUT2D eigenvalue weighted by Crippen LogP contribution is 2.10. The predicted molar refractivity (Wildman–Crippen MR) is 103 cm³/mol. The molecule has 2 aromatic rings. The van der Waals surface area contributed by atoms with Crippen LogP contribution in [0.2, 0.25) is 0 Å². The van der Waals surface area contributed by atoms with Gasteiger partial charge in [-0.3, -0.25) is 0 Å². The van der Waals surface area contributed by atoms with Gasteiger partial charge >= 0.3 is 0 Å². The van der Waals surface area contributed by atoms with E-state index in [2.05, 4.69) is 38.1 Å². The van der Waals surface area contributed by atoms with Crippen LogP contribution in [0.4, 0.5) is 8.78 Å². The van der Waals surface area contributed by atoms with Crippen LogP contribution in [0.1, 0.15) is 57.7 Å². The van der Waals surface area contributed by atoms with E-state index in [4.69, 9.17) is 4.74 Å². The maximum atomic E-state index is 12.7. The molecule has 0 aliphatic heterocycles. The van der Waals surface area contributed by atoms with Gasteiger partial charge in [-0.05, 0) is 56.0 Å². The molecule has 0 N–H and O–H groups in total. The topological polar surface area (TPSA) is 9.23 Å². The van der Waals surface area contributed by atoms with E-state index in [-0.39, 0.29) is 12.7 Å². The maximum absolute atomic E-state index is 12.7. The van der Waals surface area contributed by atoms with E-state index in [9.17, 15) is 8.78 Å². The molecule has 0 aromatic heterocycles.